The topological polar surface area (TPSA) is 104 Å². The number of rotatable bonds is 5. The Kier molecular flexibility index (Phi) is 4.65. The van der Waals surface area contributed by atoms with Crippen LogP contribution < -0.4 is 16.6 Å². The first-order valence-electron chi connectivity index (χ1n) is 5.20. The van der Waals surface area contributed by atoms with Gasteiger partial charge in [-0.25, -0.2) is 4.79 Å². The van der Waals surface area contributed by atoms with Crippen LogP contribution in [0.5, 0.6) is 0 Å². The monoisotopic (exact) mass is 241 g/mol. The number of carbonyl (C=O) groups is 1. The molecule has 0 aliphatic heterocycles. The predicted molar refractivity (Wildman–Crippen MR) is 60.6 cm³/mol. The molecule has 7 nitrogen and oxygen atoms in total. The Morgan fingerprint density at radius 2 is 2.29 bits per heavy atom. The maximum absolute atomic E-state index is 11.4. The number of nitrogens with zero attached hydrogens (tertiary/aromatic N) is 1. The second-order valence-electron chi connectivity index (χ2n) is 3.83. The van der Waals surface area contributed by atoms with Gasteiger partial charge in [-0.2, -0.15) is 0 Å². The molecule has 94 valence electrons. The Hall–Kier alpha value is -1.89. The van der Waals surface area contributed by atoms with Crippen LogP contribution >= 0.6 is 0 Å². The van der Waals surface area contributed by atoms with E-state index >= 15 is 0 Å². The summed E-state index contributed by atoms with van der Waals surface area (Å²) < 4.78 is 1.10. The van der Waals surface area contributed by atoms with E-state index in [-0.39, 0.29) is 25.0 Å². The molecule has 1 rings (SSSR count). The molecule has 3 N–H and O–H groups in total. The van der Waals surface area contributed by atoms with Gasteiger partial charge in [-0.05, 0) is 5.92 Å². The van der Waals surface area contributed by atoms with Crippen LogP contribution in [0.4, 0.5) is 0 Å². The molecule has 1 aromatic heterocycles. The second-order valence-corrected chi connectivity index (χ2v) is 3.83. The first-order valence-corrected chi connectivity index (χ1v) is 5.20. The number of hydrogen-bond donors (Lipinski definition) is 3. The van der Waals surface area contributed by atoms with Gasteiger partial charge in [0, 0.05) is 25.4 Å². The average Bonchev–Trinajstić information content (AvgIpc) is 2.29. The summed E-state index contributed by atoms with van der Waals surface area (Å²) in [5, 5.41) is 11.3. The molecule has 1 aromatic rings. The maximum Gasteiger partial charge on any atom is 0.328 e. The lowest BCUT2D eigenvalue weighted by molar-refractivity contribution is -0.121. The Morgan fingerprint density at radius 3 is 2.88 bits per heavy atom. The molecule has 1 atom stereocenters. The summed E-state index contributed by atoms with van der Waals surface area (Å²) in [7, 11) is 0. The summed E-state index contributed by atoms with van der Waals surface area (Å²) in [6.45, 7) is 1.95. The van der Waals surface area contributed by atoms with Crippen molar-refractivity contribution in [2.24, 2.45) is 5.92 Å². The lowest BCUT2D eigenvalue weighted by Gasteiger charge is -2.10. The fraction of sp³-hybridized carbons (Fsp3) is 0.500. The molecule has 0 spiro atoms. The number of aromatic amines is 1. The van der Waals surface area contributed by atoms with Crippen molar-refractivity contribution < 1.29 is 9.90 Å². The lowest BCUT2D eigenvalue weighted by Crippen LogP contribution is -2.37. The van der Waals surface area contributed by atoms with Gasteiger partial charge >= 0.3 is 5.69 Å². The number of amides is 1. The van der Waals surface area contributed by atoms with E-state index in [2.05, 4.69) is 10.3 Å². The zero-order valence-corrected chi connectivity index (χ0v) is 9.47. The number of aliphatic hydroxyl groups is 1. The van der Waals surface area contributed by atoms with Crippen LogP contribution in [-0.4, -0.2) is 33.7 Å². The van der Waals surface area contributed by atoms with Gasteiger partial charge in [0.1, 0.15) is 6.54 Å². The van der Waals surface area contributed by atoms with Crippen molar-refractivity contribution in [3.05, 3.63) is 33.1 Å². The SMILES string of the molecule is CC(CO)CNC(=O)Cn1ccc(=O)[nH]c1=O. The molecule has 0 aliphatic carbocycles. The third-order valence-electron chi connectivity index (χ3n) is 2.17. The number of carbonyl (C=O) groups excluding carboxylic acids is 1. The minimum Gasteiger partial charge on any atom is -0.396 e. The van der Waals surface area contributed by atoms with Crippen molar-refractivity contribution in [1.82, 2.24) is 14.9 Å². The fourth-order valence-corrected chi connectivity index (χ4v) is 1.13. The fourth-order valence-electron chi connectivity index (χ4n) is 1.13. The summed E-state index contributed by atoms with van der Waals surface area (Å²) >= 11 is 0. The molecule has 1 amide bonds. The van der Waals surface area contributed by atoms with Gasteiger partial charge in [0.05, 0.1) is 0 Å². The summed E-state index contributed by atoms with van der Waals surface area (Å²) in [6, 6.07) is 1.17. The van der Waals surface area contributed by atoms with E-state index in [1.54, 1.807) is 6.92 Å². The highest BCUT2D eigenvalue weighted by atomic mass is 16.3. The molecule has 7 heteroatoms. The predicted octanol–water partition coefficient (Wildman–Crippen LogP) is -1.72. The molecule has 0 aliphatic rings. The molecule has 0 saturated heterocycles. The van der Waals surface area contributed by atoms with Crippen LogP contribution in [0.3, 0.4) is 0 Å². The van der Waals surface area contributed by atoms with Crippen LogP contribution in [0.1, 0.15) is 6.92 Å². The van der Waals surface area contributed by atoms with Gasteiger partial charge in [0.25, 0.3) is 5.56 Å². The highest BCUT2D eigenvalue weighted by molar-refractivity contribution is 5.75. The van der Waals surface area contributed by atoms with Gasteiger partial charge in [0.2, 0.25) is 5.91 Å². The van der Waals surface area contributed by atoms with Crippen LogP contribution in [0, 0.1) is 5.92 Å². The molecule has 0 saturated carbocycles. The Bertz CT molecular complexity index is 491. The van der Waals surface area contributed by atoms with Crippen LogP contribution in [0.2, 0.25) is 0 Å². The molecule has 1 heterocycles. The van der Waals surface area contributed by atoms with E-state index < -0.39 is 11.2 Å². The minimum absolute atomic E-state index is 0.0150. The average molecular weight is 241 g/mol. The summed E-state index contributed by atoms with van der Waals surface area (Å²) in [5.74, 6) is -0.384. The summed E-state index contributed by atoms with van der Waals surface area (Å²) in [4.78, 5) is 35.5. The van der Waals surface area contributed by atoms with Crippen molar-refractivity contribution in [2.45, 2.75) is 13.5 Å². The van der Waals surface area contributed by atoms with Crippen molar-refractivity contribution in [3.63, 3.8) is 0 Å². The zero-order chi connectivity index (χ0) is 12.8. The van der Waals surface area contributed by atoms with E-state index in [1.807, 2.05) is 0 Å². The van der Waals surface area contributed by atoms with Gasteiger partial charge in [-0.1, -0.05) is 6.92 Å². The number of aromatic nitrogens is 2. The van der Waals surface area contributed by atoms with E-state index in [1.165, 1.54) is 12.3 Å². The molecule has 17 heavy (non-hydrogen) atoms. The largest absolute Gasteiger partial charge is 0.396 e. The van der Waals surface area contributed by atoms with Crippen LogP contribution in [-0.2, 0) is 11.3 Å². The van der Waals surface area contributed by atoms with Crippen molar-refractivity contribution >= 4 is 5.91 Å². The normalized spacial score (nSPS) is 12.1. The van der Waals surface area contributed by atoms with Crippen molar-refractivity contribution in [3.8, 4) is 0 Å². The lowest BCUT2D eigenvalue weighted by atomic mass is 10.2. The van der Waals surface area contributed by atoms with Crippen molar-refractivity contribution in [1.29, 1.82) is 0 Å². The number of H-pyrrole nitrogens is 1. The van der Waals surface area contributed by atoms with Crippen LogP contribution in [0.15, 0.2) is 21.9 Å². The van der Waals surface area contributed by atoms with Gasteiger partial charge in [-0.15, -0.1) is 0 Å². The van der Waals surface area contributed by atoms with E-state index in [4.69, 9.17) is 5.11 Å². The zero-order valence-electron chi connectivity index (χ0n) is 9.47. The Labute approximate surface area is 97.1 Å². The van der Waals surface area contributed by atoms with Gasteiger partial charge in [0.15, 0.2) is 0 Å². The standard InChI is InChI=1S/C10H15N3O4/c1-7(6-14)4-11-9(16)5-13-3-2-8(15)12-10(13)17/h2-3,7,14H,4-6H2,1H3,(H,11,16)(H,12,15,17). The first-order chi connectivity index (χ1) is 8.02. The van der Waals surface area contributed by atoms with Gasteiger partial charge < -0.3 is 10.4 Å². The molecule has 0 bridgehead atoms. The van der Waals surface area contributed by atoms with Crippen molar-refractivity contribution in [2.75, 3.05) is 13.2 Å². The third-order valence-corrected chi connectivity index (χ3v) is 2.17. The first kappa shape index (κ1) is 13.2. The molecule has 0 radical (unpaired) electrons. The van der Waals surface area contributed by atoms with E-state index in [9.17, 15) is 14.4 Å². The number of nitrogens with one attached hydrogen (secondary N) is 2. The molecular formula is C10H15N3O4. The number of aliphatic hydroxyl groups excluding tert-OH is 1. The highest BCUT2D eigenvalue weighted by Gasteiger charge is 2.06. The minimum atomic E-state index is -0.622. The van der Waals surface area contributed by atoms with E-state index in [0.29, 0.717) is 6.54 Å². The molecule has 0 fully saturated rings. The molecule has 0 aromatic carbocycles. The van der Waals surface area contributed by atoms with Gasteiger partial charge in [-0.3, -0.25) is 19.1 Å². The number of hydrogen-bond acceptors (Lipinski definition) is 4. The molecular weight excluding hydrogens is 226 g/mol. The third kappa shape index (κ3) is 4.23. The molecule has 1 unspecified atom stereocenters. The summed E-state index contributed by atoms with van der Waals surface area (Å²) in [6.07, 6.45) is 1.26. The van der Waals surface area contributed by atoms with Crippen LogP contribution in [0.25, 0.3) is 0 Å². The highest BCUT2D eigenvalue weighted by Crippen LogP contribution is 1.88. The smallest absolute Gasteiger partial charge is 0.328 e. The quantitative estimate of drug-likeness (QED) is 0.570. The second kappa shape index (κ2) is 6.00. The summed E-state index contributed by atoms with van der Waals surface area (Å²) in [5.41, 5.74) is -1.12. The van der Waals surface area contributed by atoms with E-state index in [0.717, 1.165) is 4.57 Å². The maximum atomic E-state index is 11.4. The Balaban J connectivity index is 2.57. The Morgan fingerprint density at radius 1 is 1.59 bits per heavy atom.